The first-order valence-corrected chi connectivity index (χ1v) is 9.44. The molecule has 1 amide bonds. The van der Waals surface area contributed by atoms with Gasteiger partial charge in [-0.25, -0.2) is 0 Å². The molecular formula is C20H29N5O. The lowest BCUT2D eigenvalue weighted by molar-refractivity contribution is -0.133. The Hall–Kier alpha value is -2.21. The van der Waals surface area contributed by atoms with Gasteiger partial charge in [-0.1, -0.05) is 6.07 Å². The first-order valence-electron chi connectivity index (χ1n) is 9.44. The average molecular weight is 355 g/mol. The summed E-state index contributed by atoms with van der Waals surface area (Å²) in [5, 5.41) is 4.36. The minimum atomic E-state index is 0.260. The molecule has 1 aliphatic rings. The summed E-state index contributed by atoms with van der Waals surface area (Å²) in [6.45, 7) is 3.68. The van der Waals surface area contributed by atoms with E-state index in [1.165, 1.54) is 12.0 Å². The number of carbonyl (C=O) groups is 1. The summed E-state index contributed by atoms with van der Waals surface area (Å²) in [6, 6.07) is 6.07. The molecule has 1 saturated heterocycles. The zero-order chi connectivity index (χ0) is 18.4. The Morgan fingerprint density at radius 1 is 1.38 bits per heavy atom. The molecular weight excluding hydrogens is 326 g/mol. The normalized spacial score (nSPS) is 17.7. The summed E-state index contributed by atoms with van der Waals surface area (Å²) in [5.41, 5.74) is 2.22. The van der Waals surface area contributed by atoms with Crippen molar-refractivity contribution in [2.24, 2.45) is 13.0 Å². The average Bonchev–Trinajstić information content (AvgIpc) is 3.06. The van der Waals surface area contributed by atoms with Crippen LogP contribution >= 0.6 is 0 Å². The standard InChI is InChI=1S/C20H29N5O/c1-23(14-17-5-3-10-21-13-17)15-18-6-4-11-25(16-18)20(26)8-7-19-9-12-24(2)22-19/h3,5,9-10,12-13,18H,4,6-8,11,14-16H2,1-2H3. The lowest BCUT2D eigenvalue weighted by Gasteiger charge is -2.35. The van der Waals surface area contributed by atoms with Gasteiger partial charge in [0.2, 0.25) is 5.91 Å². The van der Waals surface area contributed by atoms with Gasteiger partial charge in [-0.3, -0.25) is 14.5 Å². The SMILES string of the molecule is CN(Cc1cccnc1)CC1CCCN(C(=O)CCc2ccn(C)n2)C1. The van der Waals surface area contributed by atoms with Crippen LogP contribution in [0.3, 0.4) is 0 Å². The zero-order valence-electron chi connectivity index (χ0n) is 15.8. The number of pyridine rings is 1. The molecule has 1 aliphatic heterocycles. The number of amides is 1. The Kier molecular flexibility index (Phi) is 6.39. The predicted octanol–water partition coefficient (Wildman–Crippen LogP) is 2.12. The van der Waals surface area contributed by atoms with Crippen LogP contribution in [0.2, 0.25) is 0 Å². The van der Waals surface area contributed by atoms with Crippen molar-refractivity contribution in [3.8, 4) is 0 Å². The van der Waals surface area contributed by atoms with Crippen molar-refractivity contribution in [1.29, 1.82) is 0 Å². The van der Waals surface area contributed by atoms with Gasteiger partial charge in [-0.05, 0) is 43.5 Å². The minimum absolute atomic E-state index is 0.260. The number of hydrogen-bond acceptors (Lipinski definition) is 4. The Bertz CT molecular complexity index is 699. The van der Waals surface area contributed by atoms with Crippen LogP contribution in [0.15, 0.2) is 36.8 Å². The second-order valence-electron chi connectivity index (χ2n) is 7.39. The molecule has 3 heterocycles. The fourth-order valence-corrected chi connectivity index (χ4v) is 3.74. The van der Waals surface area contributed by atoms with E-state index in [0.717, 1.165) is 44.7 Å². The molecule has 2 aromatic heterocycles. The number of aryl methyl sites for hydroxylation is 2. The summed E-state index contributed by atoms with van der Waals surface area (Å²) in [4.78, 5) is 21.1. The third-order valence-electron chi connectivity index (χ3n) is 4.98. The van der Waals surface area contributed by atoms with Gasteiger partial charge >= 0.3 is 0 Å². The second kappa shape index (κ2) is 8.94. The fourth-order valence-electron chi connectivity index (χ4n) is 3.74. The molecule has 0 aliphatic carbocycles. The Morgan fingerprint density at radius 3 is 3.00 bits per heavy atom. The van der Waals surface area contributed by atoms with E-state index in [-0.39, 0.29) is 5.91 Å². The van der Waals surface area contributed by atoms with Crippen molar-refractivity contribution in [3.63, 3.8) is 0 Å². The van der Waals surface area contributed by atoms with Gasteiger partial charge < -0.3 is 9.80 Å². The molecule has 0 bridgehead atoms. The molecule has 1 atom stereocenters. The lowest BCUT2D eigenvalue weighted by atomic mass is 9.97. The Morgan fingerprint density at radius 2 is 2.27 bits per heavy atom. The zero-order valence-corrected chi connectivity index (χ0v) is 15.8. The van der Waals surface area contributed by atoms with E-state index in [1.54, 1.807) is 10.9 Å². The maximum atomic E-state index is 12.6. The molecule has 6 heteroatoms. The van der Waals surface area contributed by atoms with Gasteiger partial charge in [0.05, 0.1) is 5.69 Å². The number of piperidine rings is 1. The number of nitrogens with zero attached hydrogens (tertiary/aromatic N) is 5. The number of rotatable bonds is 7. The molecule has 1 fully saturated rings. The van der Waals surface area contributed by atoms with Gasteiger partial charge in [0.15, 0.2) is 0 Å². The van der Waals surface area contributed by atoms with Crippen molar-refractivity contribution in [3.05, 3.63) is 48.0 Å². The molecule has 140 valence electrons. The number of aromatic nitrogens is 3. The van der Waals surface area contributed by atoms with Crippen LogP contribution in [-0.2, 0) is 24.8 Å². The Labute approximate surface area is 155 Å². The van der Waals surface area contributed by atoms with Gasteiger partial charge in [0, 0.05) is 64.7 Å². The van der Waals surface area contributed by atoms with Crippen molar-refractivity contribution >= 4 is 5.91 Å². The molecule has 6 nitrogen and oxygen atoms in total. The summed E-state index contributed by atoms with van der Waals surface area (Å²) in [6.07, 6.45) is 9.22. The predicted molar refractivity (Wildman–Crippen MR) is 101 cm³/mol. The smallest absolute Gasteiger partial charge is 0.222 e. The highest BCUT2D eigenvalue weighted by Crippen LogP contribution is 2.19. The maximum Gasteiger partial charge on any atom is 0.222 e. The molecule has 26 heavy (non-hydrogen) atoms. The van der Waals surface area contributed by atoms with Crippen molar-refractivity contribution in [2.45, 2.75) is 32.2 Å². The van der Waals surface area contributed by atoms with E-state index in [1.807, 2.05) is 31.6 Å². The van der Waals surface area contributed by atoms with Crippen LogP contribution in [0.1, 0.15) is 30.5 Å². The van der Waals surface area contributed by atoms with Crippen LogP contribution in [0, 0.1) is 5.92 Å². The minimum Gasteiger partial charge on any atom is -0.342 e. The highest BCUT2D eigenvalue weighted by Gasteiger charge is 2.24. The summed E-state index contributed by atoms with van der Waals surface area (Å²) < 4.78 is 1.79. The van der Waals surface area contributed by atoms with Crippen LogP contribution in [0.25, 0.3) is 0 Å². The molecule has 2 aromatic rings. The van der Waals surface area contributed by atoms with Gasteiger partial charge in [-0.2, -0.15) is 5.10 Å². The van der Waals surface area contributed by atoms with E-state index in [4.69, 9.17) is 0 Å². The molecule has 1 unspecified atom stereocenters. The second-order valence-corrected chi connectivity index (χ2v) is 7.39. The lowest BCUT2D eigenvalue weighted by Crippen LogP contribution is -2.43. The number of hydrogen-bond donors (Lipinski definition) is 0. The largest absolute Gasteiger partial charge is 0.342 e. The molecule has 3 rings (SSSR count). The molecule has 0 N–H and O–H groups in total. The quantitative estimate of drug-likeness (QED) is 0.763. The van der Waals surface area contributed by atoms with E-state index >= 15 is 0 Å². The van der Waals surface area contributed by atoms with Crippen molar-refractivity contribution in [2.75, 3.05) is 26.7 Å². The number of carbonyl (C=O) groups excluding carboxylic acids is 1. The molecule has 0 aromatic carbocycles. The van der Waals surface area contributed by atoms with E-state index in [2.05, 4.69) is 33.0 Å². The number of likely N-dealkylation sites (tertiary alicyclic amines) is 1. The maximum absolute atomic E-state index is 12.6. The highest BCUT2D eigenvalue weighted by molar-refractivity contribution is 5.76. The van der Waals surface area contributed by atoms with E-state index < -0.39 is 0 Å². The van der Waals surface area contributed by atoms with Crippen LogP contribution in [-0.4, -0.2) is 57.2 Å². The Balaban J connectivity index is 1.44. The van der Waals surface area contributed by atoms with Gasteiger partial charge in [0.25, 0.3) is 0 Å². The third-order valence-corrected chi connectivity index (χ3v) is 4.98. The van der Waals surface area contributed by atoms with Crippen LogP contribution < -0.4 is 0 Å². The van der Waals surface area contributed by atoms with E-state index in [9.17, 15) is 4.79 Å². The molecule has 0 radical (unpaired) electrons. The monoisotopic (exact) mass is 355 g/mol. The van der Waals surface area contributed by atoms with Crippen molar-refractivity contribution < 1.29 is 4.79 Å². The van der Waals surface area contributed by atoms with Crippen molar-refractivity contribution in [1.82, 2.24) is 24.6 Å². The summed E-state index contributed by atoms with van der Waals surface area (Å²) in [5.74, 6) is 0.805. The fraction of sp³-hybridized carbons (Fsp3) is 0.550. The molecule has 0 saturated carbocycles. The topological polar surface area (TPSA) is 54.3 Å². The first-order chi connectivity index (χ1) is 12.6. The summed E-state index contributed by atoms with van der Waals surface area (Å²) in [7, 11) is 4.05. The van der Waals surface area contributed by atoms with Crippen LogP contribution in [0.4, 0.5) is 0 Å². The van der Waals surface area contributed by atoms with Gasteiger partial charge in [-0.15, -0.1) is 0 Å². The van der Waals surface area contributed by atoms with E-state index in [0.29, 0.717) is 12.3 Å². The summed E-state index contributed by atoms with van der Waals surface area (Å²) >= 11 is 0. The third kappa shape index (κ3) is 5.39. The van der Waals surface area contributed by atoms with Crippen LogP contribution in [0.5, 0.6) is 0 Å². The molecule has 0 spiro atoms. The van der Waals surface area contributed by atoms with Gasteiger partial charge in [0.1, 0.15) is 0 Å². The first kappa shape index (κ1) is 18.6. The highest BCUT2D eigenvalue weighted by atomic mass is 16.2.